The van der Waals surface area contributed by atoms with Gasteiger partial charge in [-0.15, -0.1) is 0 Å². The first-order valence-corrected chi connectivity index (χ1v) is 18.0. The summed E-state index contributed by atoms with van der Waals surface area (Å²) in [5.74, 6) is -6.69. The van der Waals surface area contributed by atoms with Crippen LogP contribution in [0, 0.1) is 0 Å². The summed E-state index contributed by atoms with van der Waals surface area (Å²) in [7, 11) is 0. The Morgan fingerprint density at radius 3 is 1.44 bits per heavy atom. The first-order chi connectivity index (χ1) is 26.0. The number of hydrogen-bond acceptors (Lipinski definition) is 14. The molecule has 0 fully saturated rings. The fourth-order valence-electron chi connectivity index (χ4n) is 5.22. The second kappa shape index (κ2) is 25.3. The van der Waals surface area contributed by atoms with E-state index in [-0.39, 0.29) is 64.7 Å². The number of amides is 6. The van der Waals surface area contributed by atoms with E-state index in [1.54, 1.807) is 30.3 Å². The second-order valence-electron chi connectivity index (χ2n) is 13.0. The minimum Gasteiger partial charge on any atom is -0.480 e. The summed E-state index contributed by atoms with van der Waals surface area (Å²) in [6.45, 7) is 2.48. The van der Waals surface area contributed by atoms with Crippen molar-refractivity contribution < 1.29 is 48.9 Å². The lowest BCUT2D eigenvalue weighted by Gasteiger charge is -2.28. The number of hydrogen-bond donors (Lipinski definition) is 14. The van der Waals surface area contributed by atoms with Crippen molar-refractivity contribution in [3.8, 4) is 0 Å². The SMILES string of the molecule is C[C@@H](O)[C@H](NC(=O)[C@H](CCN)NC(=O)[C@H](CCCN)NC(=O)[C@@H](NC(=O)[C@@H](Cc1ccccc1)NC(=O)[C@H](CCN)NC(=O)[C@@H](N)CCN)[C@@H](C)O)C(=O)O. The van der Waals surface area contributed by atoms with Gasteiger partial charge in [-0.1, -0.05) is 30.3 Å². The minimum absolute atomic E-state index is 0.00789. The van der Waals surface area contributed by atoms with E-state index in [0.29, 0.717) is 5.56 Å². The smallest absolute Gasteiger partial charge is 0.328 e. The van der Waals surface area contributed by atoms with Crippen LogP contribution in [0.2, 0.25) is 0 Å². The molecule has 55 heavy (non-hydrogen) atoms. The van der Waals surface area contributed by atoms with E-state index in [1.807, 2.05) is 0 Å². The number of rotatable bonds is 26. The van der Waals surface area contributed by atoms with Gasteiger partial charge in [-0.05, 0) is 77.7 Å². The fourth-order valence-corrected chi connectivity index (χ4v) is 5.22. The molecule has 0 aliphatic heterocycles. The van der Waals surface area contributed by atoms with Crippen LogP contribution in [0.4, 0.5) is 0 Å². The van der Waals surface area contributed by atoms with Crippen LogP contribution in [-0.4, -0.2) is 137 Å². The molecule has 6 amide bonds. The molecular weight excluding hydrogens is 722 g/mol. The lowest BCUT2D eigenvalue weighted by molar-refractivity contribution is -0.145. The summed E-state index contributed by atoms with van der Waals surface area (Å²) in [6.07, 6.45) is -2.92. The molecule has 0 aliphatic rings. The molecule has 0 aliphatic carbocycles. The lowest BCUT2D eigenvalue weighted by Crippen LogP contribution is -2.62. The highest BCUT2D eigenvalue weighted by atomic mass is 16.4. The first kappa shape index (κ1) is 48.2. The van der Waals surface area contributed by atoms with Crippen molar-refractivity contribution in [3.63, 3.8) is 0 Å². The van der Waals surface area contributed by atoms with Crippen LogP contribution in [0.3, 0.4) is 0 Å². The number of carbonyl (C=O) groups excluding carboxylic acids is 6. The molecule has 0 bridgehead atoms. The number of carboxylic acid groups (broad SMARTS) is 1. The van der Waals surface area contributed by atoms with Crippen LogP contribution in [-0.2, 0) is 40.0 Å². The van der Waals surface area contributed by atoms with E-state index in [2.05, 4.69) is 31.9 Å². The largest absolute Gasteiger partial charge is 0.480 e. The number of nitrogens with two attached hydrogens (primary N) is 5. The van der Waals surface area contributed by atoms with E-state index in [9.17, 15) is 48.9 Å². The van der Waals surface area contributed by atoms with E-state index in [1.165, 1.54) is 6.92 Å². The summed E-state index contributed by atoms with van der Waals surface area (Å²) in [4.78, 5) is 91.3. The topological polar surface area (TPSA) is 382 Å². The van der Waals surface area contributed by atoms with Gasteiger partial charge in [0.2, 0.25) is 35.4 Å². The predicted octanol–water partition coefficient (Wildman–Crippen LogP) is -5.90. The number of benzene rings is 1. The molecule has 19 N–H and O–H groups in total. The molecule has 0 unspecified atom stereocenters. The molecular formula is C34H59N11O10. The average Bonchev–Trinajstić information content (AvgIpc) is 3.13. The zero-order valence-corrected chi connectivity index (χ0v) is 31.2. The second-order valence-corrected chi connectivity index (χ2v) is 13.0. The Morgan fingerprint density at radius 2 is 0.964 bits per heavy atom. The zero-order chi connectivity index (χ0) is 41.7. The molecule has 0 radical (unpaired) electrons. The van der Waals surface area contributed by atoms with Gasteiger partial charge in [0, 0.05) is 6.42 Å². The van der Waals surface area contributed by atoms with Crippen LogP contribution < -0.4 is 60.6 Å². The van der Waals surface area contributed by atoms with Crippen molar-refractivity contribution in [2.24, 2.45) is 28.7 Å². The molecule has 21 heteroatoms. The van der Waals surface area contributed by atoms with E-state index in [0.717, 1.165) is 6.92 Å². The normalized spacial score (nSPS) is 16.0. The minimum atomic E-state index is -1.69. The summed E-state index contributed by atoms with van der Waals surface area (Å²) >= 11 is 0. The third-order valence-corrected chi connectivity index (χ3v) is 8.35. The Balaban J connectivity index is 3.30. The molecule has 1 aromatic rings. The van der Waals surface area contributed by atoms with Gasteiger partial charge in [0.05, 0.1) is 18.2 Å². The van der Waals surface area contributed by atoms with E-state index in [4.69, 9.17) is 28.7 Å². The average molecular weight is 782 g/mol. The first-order valence-electron chi connectivity index (χ1n) is 18.0. The number of carbonyl (C=O) groups is 7. The highest BCUT2D eigenvalue weighted by molar-refractivity contribution is 5.97. The molecule has 0 saturated carbocycles. The van der Waals surface area contributed by atoms with Crippen molar-refractivity contribution in [1.82, 2.24) is 31.9 Å². The Morgan fingerprint density at radius 1 is 0.545 bits per heavy atom. The predicted molar refractivity (Wildman–Crippen MR) is 200 cm³/mol. The van der Waals surface area contributed by atoms with Crippen LogP contribution >= 0.6 is 0 Å². The molecule has 9 atom stereocenters. The van der Waals surface area contributed by atoms with Crippen LogP contribution in [0.15, 0.2) is 30.3 Å². The summed E-state index contributed by atoms with van der Waals surface area (Å²) < 4.78 is 0. The number of carboxylic acids is 1. The Labute approximate surface area is 319 Å². The number of aliphatic hydroxyl groups excluding tert-OH is 2. The molecule has 0 aromatic heterocycles. The fraction of sp³-hybridized carbons (Fsp3) is 0.618. The molecule has 0 saturated heterocycles. The molecule has 1 rings (SSSR count). The maximum absolute atomic E-state index is 13.8. The van der Waals surface area contributed by atoms with Gasteiger partial charge < -0.3 is 75.9 Å². The molecule has 0 spiro atoms. The van der Waals surface area contributed by atoms with Gasteiger partial charge in [-0.2, -0.15) is 0 Å². The van der Waals surface area contributed by atoms with Gasteiger partial charge in [0.15, 0.2) is 6.04 Å². The van der Waals surface area contributed by atoms with Crippen LogP contribution in [0.25, 0.3) is 0 Å². The number of aliphatic hydroxyl groups is 2. The third kappa shape index (κ3) is 17.1. The molecule has 310 valence electrons. The molecule has 21 nitrogen and oxygen atoms in total. The standard InChI is InChI=1S/C34H59N11O10/c1-18(46)26(33(53)42-22(9-6-13-35)29(49)41-24(12-16-38)31(51)45-27(19(2)47)34(54)55)44-32(52)25(17-20-7-4-3-5-8-20)43-30(50)23(11-15-37)40-28(48)21(39)10-14-36/h3-5,7-8,18-19,21-27,46-47H,6,9-17,35-39H2,1-2H3,(H,40,48)(H,41,49)(H,42,53)(H,43,50)(H,44,52)(H,45,51)(H,54,55)/t18-,19-,21+,22+,23+,24+,25-,26+,27+/m1/s1. The highest BCUT2D eigenvalue weighted by Gasteiger charge is 2.35. The van der Waals surface area contributed by atoms with Gasteiger partial charge in [0.1, 0.15) is 30.2 Å². The zero-order valence-electron chi connectivity index (χ0n) is 31.2. The monoisotopic (exact) mass is 781 g/mol. The van der Waals surface area contributed by atoms with Crippen molar-refractivity contribution in [1.29, 1.82) is 0 Å². The lowest BCUT2D eigenvalue weighted by atomic mass is 10.0. The van der Waals surface area contributed by atoms with Gasteiger partial charge in [-0.3, -0.25) is 28.8 Å². The Kier molecular flexibility index (Phi) is 22.2. The summed E-state index contributed by atoms with van der Waals surface area (Å²) in [6, 6.07) is -1.06. The third-order valence-electron chi connectivity index (χ3n) is 8.35. The summed E-state index contributed by atoms with van der Waals surface area (Å²) in [5.41, 5.74) is 28.9. The molecule has 1 aromatic carbocycles. The maximum Gasteiger partial charge on any atom is 0.328 e. The van der Waals surface area contributed by atoms with Gasteiger partial charge in [-0.25, -0.2) is 4.79 Å². The molecule has 0 heterocycles. The van der Waals surface area contributed by atoms with E-state index >= 15 is 0 Å². The van der Waals surface area contributed by atoms with Gasteiger partial charge in [0.25, 0.3) is 0 Å². The van der Waals surface area contributed by atoms with E-state index < -0.39 is 95.9 Å². The quantitative estimate of drug-likeness (QED) is 0.0416. The van der Waals surface area contributed by atoms with Crippen LogP contribution in [0.1, 0.15) is 51.5 Å². The van der Waals surface area contributed by atoms with Crippen molar-refractivity contribution in [2.75, 3.05) is 26.2 Å². The van der Waals surface area contributed by atoms with Gasteiger partial charge >= 0.3 is 5.97 Å². The Bertz CT molecular complexity index is 1400. The Hall–Kier alpha value is -4.77. The number of aliphatic carboxylic acids is 1. The van der Waals surface area contributed by atoms with Crippen molar-refractivity contribution in [3.05, 3.63) is 35.9 Å². The maximum atomic E-state index is 13.8. The van der Waals surface area contributed by atoms with Crippen molar-refractivity contribution in [2.45, 2.75) is 107 Å². The number of nitrogens with one attached hydrogen (secondary N) is 6. The summed E-state index contributed by atoms with van der Waals surface area (Å²) in [5, 5.41) is 44.3. The highest BCUT2D eigenvalue weighted by Crippen LogP contribution is 2.08. The van der Waals surface area contributed by atoms with Crippen LogP contribution in [0.5, 0.6) is 0 Å². The van der Waals surface area contributed by atoms with Crippen molar-refractivity contribution >= 4 is 41.4 Å².